The Hall–Kier alpha value is -3.72. The molecule has 0 atom stereocenters. The van der Waals surface area contributed by atoms with Crippen LogP contribution in [0.3, 0.4) is 0 Å². The first-order valence-electron chi connectivity index (χ1n) is 12.3. The van der Waals surface area contributed by atoms with Gasteiger partial charge < -0.3 is 14.4 Å². The van der Waals surface area contributed by atoms with Crippen molar-refractivity contribution in [3.63, 3.8) is 0 Å². The van der Waals surface area contributed by atoms with Crippen molar-refractivity contribution in [3.8, 4) is 5.75 Å². The number of aromatic nitrogens is 2. The zero-order valence-corrected chi connectivity index (χ0v) is 20.6. The molecule has 1 aliphatic heterocycles. The Kier molecular flexibility index (Phi) is 6.73. The number of nitrogens with zero attached hydrogens (tertiary/aromatic N) is 4. The van der Waals surface area contributed by atoms with Crippen molar-refractivity contribution in [2.75, 3.05) is 38.7 Å². The predicted molar refractivity (Wildman–Crippen MR) is 134 cm³/mol. The highest BCUT2D eigenvalue weighted by molar-refractivity contribution is 5.99. The van der Waals surface area contributed by atoms with Crippen molar-refractivity contribution >= 4 is 23.2 Å². The number of amides is 1. The first-order valence-corrected chi connectivity index (χ1v) is 12.3. The highest BCUT2D eigenvalue weighted by Gasteiger charge is 2.29. The van der Waals surface area contributed by atoms with Crippen molar-refractivity contribution in [3.05, 3.63) is 69.8 Å². The van der Waals surface area contributed by atoms with Crippen LogP contribution in [-0.2, 0) is 22.6 Å². The van der Waals surface area contributed by atoms with E-state index in [1.165, 1.54) is 24.4 Å². The van der Waals surface area contributed by atoms with Crippen LogP contribution in [0.25, 0.3) is 5.65 Å². The molecule has 0 unspecified atom stereocenters. The third kappa shape index (κ3) is 4.97. The largest absolute Gasteiger partial charge is 0.481 e. The molecule has 188 valence electrons. The number of likely N-dealkylation sites (N-methyl/N-ethyl adjacent to an activating group) is 1. The second-order valence-corrected chi connectivity index (χ2v) is 9.55. The van der Waals surface area contributed by atoms with E-state index in [0.717, 1.165) is 29.9 Å². The van der Waals surface area contributed by atoms with Gasteiger partial charge in [0.1, 0.15) is 6.61 Å². The number of piperazine rings is 1. The topological polar surface area (TPSA) is 93.5 Å². The molecule has 0 radical (unpaired) electrons. The first-order chi connectivity index (χ1) is 17.4. The van der Waals surface area contributed by atoms with Crippen molar-refractivity contribution in [1.29, 1.82) is 0 Å². The van der Waals surface area contributed by atoms with Crippen molar-refractivity contribution in [1.82, 2.24) is 14.3 Å². The maximum atomic E-state index is 13.7. The summed E-state index contributed by atoms with van der Waals surface area (Å²) in [5.74, 6) is -0.302. The van der Waals surface area contributed by atoms with Gasteiger partial charge in [0, 0.05) is 19.3 Å². The van der Waals surface area contributed by atoms with E-state index in [9.17, 15) is 14.4 Å². The van der Waals surface area contributed by atoms with E-state index in [4.69, 9.17) is 9.47 Å². The van der Waals surface area contributed by atoms with E-state index < -0.39 is 11.5 Å². The van der Waals surface area contributed by atoms with E-state index in [1.54, 1.807) is 11.1 Å². The average molecular weight is 491 g/mol. The summed E-state index contributed by atoms with van der Waals surface area (Å²) in [6.45, 7) is 1.52. The molecule has 9 heteroatoms. The zero-order chi connectivity index (χ0) is 25.2. The number of hydrogen-bond acceptors (Lipinski definition) is 7. The number of benzene rings is 1. The van der Waals surface area contributed by atoms with Gasteiger partial charge in [-0.3, -0.25) is 18.9 Å². The molecule has 1 aliphatic carbocycles. The fourth-order valence-electron chi connectivity index (χ4n) is 4.51. The Morgan fingerprint density at radius 1 is 1.11 bits per heavy atom. The Morgan fingerprint density at radius 3 is 2.58 bits per heavy atom. The Morgan fingerprint density at radius 2 is 1.89 bits per heavy atom. The highest BCUT2D eigenvalue weighted by Crippen LogP contribution is 2.34. The fourth-order valence-corrected chi connectivity index (χ4v) is 4.51. The van der Waals surface area contributed by atoms with E-state index in [0.29, 0.717) is 18.8 Å². The van der Waals surface area contributed by atoms with Gasteiger partial charge in [0.25, 0.3) is 0 Å². The lowest BCUT2D eigenvalue weighted by atomic mass is 10.1. The second kappa shape index (κ2) is 10.1. The van der Waals surface area contributed by atoms with Crippen LogP contribution in [-0.4, -0.2) is 60.0 Å². The summed E-state index contributed by atoms with van der Waals surface area (Å²) >= 11 is 0. The Balaban J connectivity index is 1.64. The fraction of sp³-hybridized carbons (Fsp3) is 0.407. The van der Waals surface area contributed by atoms with Gasteiger partial charge in [-0.25, -0.2) is 9.78 Å². The molecule has 2 aliphatic rings. The van der Waals surface area contributed by atoms with Crippen molar-refractivity contribution in [2.24, 2.45) is 5.92 Å². The van der Waals surface area contributed by atoms with Crippen LogP contribution >= 0.6 is 0 Å². The second-order valence-electron chi connectivity index (χ2n) is 9.55. The molecule has 5 rings (SSSR count). The van der Waals surface area contributed by atoms with Gasteiger partial charge in [-0.2, -0.15) is 0 Å². The van der Waals surface area contributed by atoms with Gasteiger partial charge >= 0.3 is 11.5 Å². The van der Waals surface area contributed by atoms with Crippen LogP contribution in [0.2, 0.25) is 0 Å². The summed E-state index contributed by atoms with van der Waals surface area (Å²) in [4.78, 5) is 47.6. The number of pyridine rings is 1. The lowest BCUT2D eigenvalue weighted by Crippen LogP contribution is -2.49. The minimum absolute atomic E-state index is 0.0803. The van der Waals surface area contributed by atoms with Crippen molar-refractivity contribution < 1.29 is 19.1 Å². The lowest BCUT2D eigenvalue weighted by Gasteiger charge is -2.32. The molecule has 0 spiro atoms. The summed E-state index contributed by atoms with van der Waals surface area (Å²) < 4.78 is 12.2. The minimum Gasteiger partial charge on any atom is -0.481 e. The number of carbonyl (C=O) groups excluding carboxylic acids is 2. The number of carbonyl (C=O) groups is 2. The first kappa shape index (κ1) is 24.0. The van der Waals surface area contributed by atoms with Crippen LogP contribution in [0.5, 0.6) is 5.75 Å². The van der Waals surface area contributed by atoms with Gasteiger partial charge in [0.15, 0.2) is 11.3 Å². The van der Waals surface area contributed by atoms with Crippen LogP contribution in [0.4, 0.5) is 5.69 Å². The maximum Gasteiger partial charge on any atom is 0.360 e. The van der Waals surface area contributed by atoms with Crippen LogP contribution < -0.4 is 15.2 Å². The summed E-state index contributed by atoms with van der Waals surface area (Å²) in [6, 6.07) is 11.3. The summed E-state index contributed by atoms with van der Waals surface area (Å²) in [5, 5.41) is 0. The van der Waals surface area contributed by atoms with Gasteiger partial charge in [0.05, 0.1) is 19.3 Å². The van der Waals surface area contributed by atoms with Crippen LogP contribution in [0, 0.1) is 5.92 Å². The maximum absolute atomic E-state index is 13.7. The summed E-state index contributed by atoms with van der Waals surface area (Å²) in [6.07, 6.45) is 6.05. The number of esters is 1. The molecule has 3 aromatic rings. The van der Waals surface area contributed by atoms with Crippen LogP contribution in [0.1, 0.15) is 40.9 Å². The predicted octanol–water partition coefficient (Wildman–Crippen LogP) is 2.68. The molecule has 2 fully saturated rings. The van der Waals surface area contributed by atoms with Gasteiger partial charge in [0.2, 0.25) is 11.7 Å². The van der Waals surface area contributed by atoms with E-state index >= 15 is 0 Å². The standard InChI is InChI=1S/C27H30N4O5/c1-29-12-13-30(22(32)16-29)21-14-20(11-10-18-8-9-18)15-31-25(21)28-23(27(34)35-2)24(26(31)33)36-17-19-6-4-3-5-7-19/h3-7,14-15,18H,8-13,16-17H2,1-2H3. The number of anilines is 1. The third-order valence-corrected chi connectivity index (χ3v) is 6.77. The van der Waals surface area contributed by atoms with Gasteiger partial charge in [-0.15, -0.1) is 0 Å². The van der Waals surface area contributed by atoms with Crippen LogP contribution in [0.15, 0.2) is 47.4 Å². The Labute approximate surface area is 209 Å². The molecule has 1 aromatic carbocycles. The van der Waals surface area contributed by atoms with Gasteiger partial charge in [-0.1, -0.05) is 43.2 Å². The molecular weight excluding hydrogens is 460 g/mol. The molecule has 1 saturated heterocycles. The monoisotopic (exact) mass is 490 g/mol. The average Bonchev–Trinajstić information content (AvgIpc) is 3.71. The minimum atomic E-state index is -0.772. The normalized spacial score (nSPS) is 16.4. The number of ether oxygens (including phenoxy) is 2. The SMILES string of the molecule is COC(=O)c1nc2c(N3CCN(C)CC3=O)cc(CCC3CC3)cn2c(=O)c1OCc1ccccc1. The van der Waals surface area contributed by atoms with E-state index in [-0.39, 0.29) is 36.1 Å². The molecular formula is C27H30N4O5. The summed E-state index contributed by atoms with van der Waals surface area (Å²) in [5.41, 5.74) is 1.85. The molecule has 1 amide bonds. The number of rotatable bonds is 8. The number of methoxy groups -OCH3 is 1. The summed E-state index contributed by atoms with van der Waals surface area (Å²) in [7, 11) is 3.13. The molecule has 0 N–H and O–H groups in total. The Bertz CT molecular complexity index is 1350. The number of fused-ring (bicyclic) bond motifs is 1. The third-order valence-electron chi connectivity index (χ3n) is 6.77. The molecule has 1 saturated carbocycles. The van der Waals surface area contributed by atoms with E-state index in [1.807, 2.05) is 48.3 Å². The molecule has 3 heterocycles. The molecule has 9 nitrogen and oxygen atoms in total. The molecule has 0 bridgehead atoms. The lowest BCUT2D eigenvalue weighted by molar-refractivity contribution is -0.120. The highest BCUT2D eigenvalue weighted by atomic mass is 16.5. The number of hydrogen-bond donors (Lipinski definition) is 0. The molecule has 36 heavy (non-hydrogen) atoms. The zero-order valence-electron chi connectivity index (χ0n) is 20.6. The number of aryl methyl sites for hydroxylation is 1. The van der Waals surface area contributed by atoms with E-state index in [2.05, 4.69) is 4.98 Å². The quantitative estimate of drug-likeness (QED) is 0.448. The van der Waals surface area contributed by atoms with Crippen molar-refractivity contribution in [2.45, 2.75) is 32.3 Å². The molecule has 2 aromatic heterocycles. The smallest absolute Gasteiger partial charge is 0.360 e. The van der Waals surface area contributed by atoms with Gasteiger partial charge in [-0.05, 0) is 43.0 Å².